The molecule has 1 N–H and O–H groups in total. The van der Waals surface area contributed by atoms with Gasteiger partial charge in [-0.2, -0.15) is 0 Å². The number of aliphatic hydroxyl groups is 1. The average Bonchev–Trinajstić information content (AvgIpc) is 2.32. The highest BCUT2D eigenvalue weighted by molar-refractivity contribution is 5.43. The molecule has 0 atom stereocenters. The van der Waals surface area contributed by atoms with E-state index in [1.54, 1.807) is 0 Å². The lowest BCUT2D eigenvalue weighted by molar-refractivity contribution is 0.299. The first-order valence-electron chi connectivity index (χ1n) is 6.54. The predicted octanol–water partition coefficient (Wildman–Crippen LogP) is 2.55. The molecule has 0 aliphatic heterocycles. The topological polar surface area (TPSA) is 36.4 Å². The Morgan fingerprint density at radius 2 is 1.88 bits per heavy atom. The predicted molar refractivity (Wildman–Crippen MR) is 72.6 cm³/mol. The lowest BCUT2D eigenvalue weighted by Gasteiger charge is -2.23. The minimum absolute atomic E-state index is 0.190. The molecule has 0 aromatic carbocycles. The molecule has 3 heteroatoms. The molecule has 96 valence electrons. The van der Waals surface area contributed by atoms with Crippen molar-refractivity contribution in [2.24, 2.45) is 0 Å². The van der Waals surface area contributed by atoms with Gasteiger partial charge in [-0.25, -0.2) is 4.98 Å². The molecule has 0 saturated heterocycles. The summed E-state index contributed by atoms with van der Waals surface area (Å²) in [4.78, 5) is 6.84. The lowest BCUT2D eigenvalue weighted by atomic mass is 10.1. The van der Waals surface area contributed by atoms with Gasteiger partial charge in [-0.1, -0.05) is 13.8 Å². The minimum Gasteiger partial charge on any atom is -0.396 e. The van der Waals surface area contributed by atoms with Gasteiger partial charge >= 0.3 is 0 Å². The van der Waals surface area contributed by atoms with Crippen LogP contribution in [0.5, 0.6) is 0 Å². The smallest absolute Gasteiger partial charge is 0.128 e. The van der Waals surface area contributed by atoms with Gasteiger partial charge in [0.05, 0.1) is 0 Å². The second kappa shape index (κ2) is 7.28. The van der Waals surface area contributed by atoms with Crippen LogP contribution in [0.4, 0.5) is 5.82 Å². The Balaban J connectivity index is 2.85. The van der Waals surface area contributed by atoms with Crippen molar-refractivity contribution in [3.8, 4) is 0 Å². The van der Waals surface area contributed by atoms with E-state index < -0.39 is 0 Å². The molecule has 3 nitrogen and oxygen atoms in total. The van der Waals surface area contributed by atoms with Crippen LogP contribution in [0.1, 0.15) is 37.8 Å². The van der Waals surface area contributed by atoms with E-state index in [4.69, 9.17) is 5.11 Å². The molecule has 1 aromatic heterocycles. The molecule has 0 bridgehead atoms. The fraction of sp³-hybridized carbons (Fsp3) is 0.643. The minimum atomic E-state index is 0.190. The summed E-state index contributed by atoms with van der Waals surface area (Å²) in [6, 6.07) is 2.14. The molecule has 0 unspecified atom stereocenters. The van der Waals surface area contributed by atoms with Gasteiger partial charge in [-0.3, -0.25) is 0 Å². The number of aryl methyl sites for hydroxylation is 1. The van der Waals surface area contributed by atoms with E-state index in [-0.39, 0.29) is 6.61 Å². The standard InChI is InChI=1S/C14H24N2O/c1-4-7-16(8-5-2)14-10-12(3)13(6-9-17)11-15-14/h10-11,17H,4-9H2,1-3H3. The molecule has 0 spiro atoms. The molecule has 0 aliphatic rings. The van der Waals surface area contributed by atoms with E-state index in [0.717, 1.165) is 37.3 Å². The number of aliphatic hydroxyl groups excluding tert-OH is 1. The molecular weight excluding hydrogens is 212 g/mol. The molecule has 0 aliphatic carbocycles. The lowest BCUT2D eigenvalue weighted by Crippen LogP contribution is -2.26. The Kier molecular flexibility index (Phi) is 5.98. The van der Waals surface area contributed by atoms with Crippen LogP contribution >= 0.6 is 0 Å². The highest BCUT2D eigenvalue weighted by Crippen LogP contribution is 2.17. The number of hydrogen-bond acceptors (Lipinski definition) is 3. The number of rotatable bonds is 7. The number of pyridine rings is 1. The fourth-order valence-electron chi connectivity index (χ4n) is 2.01. The largest absolute Gasteiger partial charge is 0.396 e. The van der Waals surface area contributed by atoms with Gasteiger partial charge in [0.1, 0.15) is 5.82 Å². The summed E-state index contributed by atoms with van der Waals surface area (Å²) in [6.07, 6.45) is 4.87. The van der Waals surface area contributed by atoms with Gasteiger partial charge in [-0.05, 0) is 43.4 Å². The summed E-state index contributed by atoms with van der Waals surface area (Å²) < 4.78 is 0. The van der Waals surface area contributed by atoms with Gasteiger partial charge in [0.2, 0.25) is 0 Å². The molecule has 0 radical (unpaired) electrons. The number of aromatic nitrogens is 1. The summed E-state index contributed by atoms with van der Waals surface area (Å²) in [5, 5.41) is 8.95. The molecule has 0 saturated carbocycles. The van der Waals surface area contributed by atoms with Crippen molar-refractivity contribution in [1.29, 1.82) is 0 Å². The first kappa shape index (κ1) is 14.0. The molecule has 1 rings (SSSR count). The summed E-state index contributed by atoms with van der Waals surface area (Å²) in [5.41, 5.74) is 2.37. The molecular formula is C14H24N2O. The maximum Gasteiger partial charge on any atom is 0.128 e. The van der Waals surface area contributed by atoms with Crippen LogP contribution in [0.3, 0.4) is 0 Å². The Morgan fingerprint density at radius 1 is 1.24 bits per heavy atom. The van der Waals surface area contributed by atoms with Crippen molar-refractivity contribution >= 4 is 5.82 Å². The average molecular weight is 236 g/mol. The van der Waals surface area contributed by atoms with Gasteiger partial charge in [0, 0.05) is 25.9 Å². The van der Waals surface area contributed by atoms with E-state index in [0.29, 0.717) is 6.42 Å². The number of nitrogens with zero attached hydrogens (tertiary/aromatic N) is 2. The second-order valence-electron chi connectivity index (χ2n) is 4.43. The maximum absolute atomic E-state index is 8.95. The third-order valence-electron chi connectivity index (χ3n) is 2.90. The van der Waals surface area contributed by atoms with Crippen molar-refractivity contribution in [3.05, 3.63) is 23.4 Å². The summed E-state index contributed by atoms with van der Waals surface area (Å²) in [7, 11) is 0. The van der Waals surface area contributed by atoms with Crippen molar-refractivity contribution in [3.63, 3.8) is 0 Å². The van der Waals surface area contributed by atoms with E-state index in [1.807, 2.05) is 6.20 Å². The zero-order valence-electron chi connectivity index (χ0n) is 11.2. The van der Waals surface area contributed by atoms with Crippen LogP contribution in [0.15, 0.2) is 12.3 Å². The molecule has 0 fully saturated rings. The highest BCUT2D eigenvalue weighted by atomic mass is 16.2. The monoisotopic (exact) mass is 236 g/mol. The van der Waals surface area contributed by atoms with Crippen molar-refractivity contribution < 1.29 is 5.11 Å². The van der Waals surface area contributed by atoms with Crippen LogP contribution in [-0.2, 0) is 6.42 Å². The van der Waals surface area contributed by atoms with Gasteiger partial charge in [0.15, 0.2) is 0 Å². The van der Waals surface area contributed by atoms with E-state index in [2.05, 4.69) is 36.7 Å². The quantitative estimate of drug-likeness (QED) is 0.790. The highest BCUT2D eigenvalue weighted by Gasteiger charge is 2.07. The molecule has 0 amide bonds. The Labute approximate surface area is 104 Å². The SMILES string of the molecule is CCCN(CCC)c1cc(C)c(CCO)cn1. The van der Waals surface area contributed by atoms with Gasteiger partial charge in [0.25, 0.3) is 0 Å². The maximum atomic E-state index is 8.95. The van der Waals surface area contributed by atoms with E-state index in [1.165, 1.54) is 5.56 Å². The van der Waals surface area contributed by atoms with Crippen LogP contribution in [-0.4, -0.2) is 29.8 Å². The first-order chi connectivity index (χ1) is 8.22. The fourth-order valence-corrected chi connectivity index (χ4v) is 2.01. The van der Waals surface area contributed by atoms with E-state index >= 15 is 0 Å². The first-order valence-corrected chi connectivity index (χ1v) is 6.54. The van der Waals surface area contributed by atoms with Gasteiger partial charge in [-0.15, -0.1) is 0 Å². The third kappa shape index (κ3) is 4.00. The molecule has 17 heavy (non-hydrogen) atoms. The summed E-state index contributed by atoms with van der Waals surface area (Å²) in [5.74, 6) is 1.06. The van der Waals surface area contributed by atoms with Crippen LogP contribution < -0.4 is 4.90 Å². The van der Waals surface area contributed by atoms with Crippen LogP contribution in [0, 0.1) is 6.92 Å². The third-order valence-corrected chi connectivity index (χ3v) is 2.90. The van der Waals surface area contributed by atoms with Crippen molar-refractivity contribution in [1.82, 2.24) is 4.98 Å². The normalized spacial score (nSPS) is 10.6. The summed E-state index contributed by atoms with van der Waals surface area (Å²) in [6.45, 7) is 8.77. The van der Waals surface area contributed by atoms with Crippen molar-refractivity contribution in [2.75, 3.05) is 24.6 Å². The summed E-state index contributed by atoms with van der Waals surface area (Å²) >= 11 is 0. The molecule has 1 aromatic rings. The number of anilines is 1. The van der Waals surface area contributed by atoms with Crippen LogP contribution in [0.2, 0.25) is 0 Å². The van der Waals surface area contributed by atoms with Gasteiger partial charge < -0.3 is 10.0 Å². The zero-order valence-corrected chi connectivity index (χ0v) is 11.2. The van der Waals surface area contributed by atoms with Crippen LogP contribution in [0.25, 0.3) is 0 Å². The zero-order chi connectivity index (χ0) is 12.7. The Bertz CT molecular complexity index is 333. The molecule has 1 heterocycles. The number of hydrogen-bond donors (Lipinski definition) is 1. The Morgan fingerprint density at radius 3 is 2.35 bits per heavy atom. The van der Waals surface area contributed by atoms with Crippen molar-refractivity contribution in [2.45, 2.75) is 40.0 Å². The van der Waals surface area contributed by atoms with E-state index in [9.17, 15) is 0 Å². The Hall–Kier alpha value is -1.09. The second-order valence-corrected chi connectivity index (χ2v) is 4.43.